The van der Waals surface area contributed by atoms with Crippen molar-refractivity contribution in [3.8, 4) is 0 Å². The zero-order valence-corrected chi connectivity index (χ0v) is 12.0. The predicted octanol–water partition coefficient (Wildman–Crippen LogP) is 1.92. The highest BCUT2D eigenvalue weighted by Gasteiger charge is 2.12. The monoisotopic (exact) mass is 276 g/mol. The van der Waals surface area contributed by atoms with E-state index in [1.165, 1.54) is 0 Å². The third kappa shape index (κ3) is 3.88. The Morgan fingerprint density at radius 2 is 2.30 bits per heavy atom. The standard InChI is InChI=1S/C14H20N4O2/c1-10-4-5-13(20-10)11(2)17-14(19)15-7-6-12-8-16-18(3)9-12/h4-5,8-9,11H,6-7H2,1-3H3,(H2,15,17,19). The Hall–Kier alpha value is -2.24. The van der Waals surface area contributed by atoms with E-state index < -0.39 is 0 Å². The number of urea groups is 1. The van der Waals surface area contributed by atoms with E-state index in [1.807, 2.05) is 39.2 Å². The third-order valence-electron chi connectivity index (χ3n) is 2.99. The lowest BCUT2D eigenvalue weighted by Crippen LogP contribution is -2.37. The molecule has 0 fully saturated rings. The quantitative estimate of drug-likeness (QED) is 0.876. The number of rotatable bonds is 5. The lowest BCUT2D eigenvalue weighted by Gasteiger charge is -2.12. The van der Waals surface area contributed by atoms with E-state index in [-0.39, 0.29) is 12.1 Å². The summed E-state index contributed by atoms with van der Waals surface area (Å²) in [6.07, 6.45) is 4.50. The minimum Gasteiger partial charge on any atom is -0.464 e. The van der Waals surface area contributed by atoms with Crippen LogP contribution in [-0.2, 0) is 13.5 Å². The minimum absolute atomic E-state index is 0.151. The zero-order valence-electron chi connectivity index (χ0n) is 12.0. The number of aromatic nitrogens is 2. The molecule has 6 nitrogen and oxygen atoms in total. The van der Waals surface area contributed by atoms with Gasteiger partial charge in [0.05, 0.1) is 12.2 Å². The van der Waals surface area contributed by atoms with Crippen molar-refractivity contribution in [2.24, 2.45) is 7.05 Å². The van der Waals surface area contributed by atoms with E-state index in [0.29, 0.717) is 6.54 Å². The van der Waals surface area contributed by atoms with Crippen LogP contribution in [0.3, 0.4) is 0 Å². The van der Waals surface area contributed by atoms with E-state index in [1.54, 1.807) is 10.9 Å². The highest BCUT2D eigenvalue weighted by Crippen LogP contribution is 2.15. The Labute approximate surface area is 118 Å². The molecule has 0 saturated heterocycles. The van der Waals surface area contributed by atoms with Gasteiger partial charge in [0.15, 0.2) is 0 Å². The van der Waals surface area contributed by atoms with Crippen LogP contribution in [0.25, 0.3) is 0 Å². The Kier molecular flexibility index (Phi) is 4.45. The van der Waals surface area contributed by atoms with Gasteiger partial charge in [0.1, 0.15) is 11.5 Å². The van der Waals surface area contributed by atoms with Crippen molar-refractivity contribution in [3.05, 3.63) is 41.6 Å². The first-order valence-electron chi connectivity index (χ1n) is 6.63. The van der Waals surface area contributed by atoms with Gasteiger partial charge in [-0.2, -0.15) is 5.10 Å². The van der Waals surface area contributed by atoms with Gasteiger partial charge in [-0.15, -0.1) is 0 Å². The van der Waals surface area contributed by atoms with E-state index >= 15 is 0 Å². The molecule has 2 aromatic rings. The summed E-state index contributed by atoms with van der Waals surface area (Å²) in [4.78, 5) is 11.7. The Morgan fingerprint density at radius 3 is 2.90 bits per heavy atom. The fourth-order valence-electron chi connectivity index (χ4n) is 1.93. The topological polar surface area (TPSA) is 72.1 Å². The Bertz CT molecular complexity index is 573. The normalized spacial score (nSPS) is 12.2. The number of nitrogens with one attached hydrogen (secondary N) is 2. The van der Waals surface area contributed by atoms with Crippen LogP contribution < -0.4 is 10.6 Å². The van der Waals surface area contributed by atoms with Gasteiger partial charge >= 0.3 is 6.03 Å². The first-order chi connectivity index (χ1) is 9.54. The molecule has 0 spiro atoms. The molecule has 2 N–H and O–H groups in total. The van der Waals surface area contributed by atoms with Gasteiger partial charge in [-0.3, -0.25) is 4.68 Å². The number of nitrogens with zero attached hydrogens (tertiary/aromatic N) is 2. The molecule has 2 amide bonds. The summed E-state index contributed by atoms with van der Waals surface area (Å²) in [5.74, 6) is 1.59. The van der Waals surface area contributed by atoms with Crippen LogP contribution >= 0.6 is 0 Å². The van der Waals surface area contributed by atoms with Crippen molar-refractivity contribution in [3.63, 3.8) is 0 Å². The molecule has 6 heteroatoms. The summed E-state index contributed by atoms with van der Waals surface area (Å²) in [5, 5.41) is 9.74. The molecule has 0 saturated carbocycles. The summed E-state index contributed by atoms with van der Waals surface area (Å²) >= 11 is 0. The van der Waals surface area contributed by atoms with Gasteiger partial charge in [0.2, 0.25) is 0 Å². The van der Waals surface area contributed by atoms with Crippen LogP contribution in [0.15, 0.2) is 28.9 Å². The average Bonchev–Trinajstić information content (AvgIpc) is 2.98. The highest BCUT2D eigenvalue weighted by molar-refractivity contribution is 5.74. The lowest BCUT2D eigenvalue weighted by atomic mass is 10.2. The molecule has 1 atom stereocenters. The summed E-state index contributed by atoms with van der Waals surface area (Å²) in [6.45, 7) is 4.34. The second-order valence-corrected chi connectivity index (χ2v) is 4.84. The molecule has 0 bridgehead atoms. The molecule has 0 aliphatic carbocycles. The second-order valence-electron chi connectivity index (χ2n) is 4.84. The van der Waals surface area contributed by atoms with Crippen molar-refractivity contribution >= 4 is 6.03 Å². The molecule has 2 rings (SSSR count). The number of hydrogen-bond donors (Lipinski definition) is 2. The average molecular weight is 276 g/mol. The molecule has 0 aliphatic heterocycles. The van der Waals surface area contributed by atoms with Gasteiger partial charge < -0.3 is 15.1 Å². The summed E-state index contributed by atoms with van der Waals surface area (Å²) in [6, 6.07) is 3.40. The van der Waals surface area contributed by atoms with Gasteiger partial charge in [-0.1, -0.05) is 0 Å². The van der Waals surface area contributed by atoms with Gasteiger partial charge in [-0.25, -0.2) is 4.79 Å². The van der Waals surface area contributed by atoms with Crippen LogP contribution in [0.5, 0.6) is 0 Å². The molecule has 0 aliphatic rings. The largest absolute Gasteiger partial charge is 0.464 e. The second kappa shape index (κ2) is 6.27. The molecule has 1 unspecified atom stereocenters. The maximum absolute atomic E-state index is 11.7. The smallest absolute Gasteiger partial charge is 0.315 e. The SMILES string of the molecule is Cc1ccc(C(C)NC(=O)NCCc2cnn(C)c2)o1. The molecule has 0 radical (unpaired) electrons. The van der Waals surface area contributed by atoms with Crippen molar-refractivity contribution in [2.75, 3.05) is 6.54 Å². The maximum Gasteiger partial charge on any atom is 0.315 e. The van der Waals surface area contributed by atoms with Crippen LogP contribution in [0.2, 0.25) is 0 Å². The summed E-state index contributed by atoms with van der Waals surface area (Å²) in [5.41, 5.74) is 1.10. The van der Waals surface area contributed by atoms with E-state index in [9.17, 15) is 4.79 Å². The van der Waals surface area contributed by atoms with E-state index in [4.69, 9.17) is 4.42 Å². The maximum atomic E-state index is 11.7. The molecule has 0 aromatic carbocycles. The fraction of sp³-hybridized carbons (Fsp3) is 0.429. The first-order valence-corrected chi connectivity index (χ1v) is 6.63. The van der Waals surface area contributed by atoms with Crippen LogP contribution in [0.4, 0.5) is 4.79 Å². The summed E-state index contributed by atoms with van der Waals surface area (Å²) in [7, 11) is 1.87. The third-order valence-corrected chi connectivity index (χ3v) is 2.99. The number of aryl methyl sites for hydroxylation is 2. The molecule has 2 aromatic heterocycles. The predicted molar refractivity (Wildman–Crippen MR) is 75.3 cm³/mol. The minimum atomic E-state index is -0.199. The molecule has 108 valence electrons. The lowest BCUT2D eigenvalue weighted by molar-refractivity contribution is 0.236. The van der Waals surface area contributed by atoms with E-state index in [2.05, 4.69) is 15.7 Å². The molecular weight excluding hydrogens is 256 g/mol. The van der Waals surface area contributed by atoms with Crippen LogP contribution in [0, 0.1) is 6.92 Å². The van der Waals surface area contributed by atoms with E-state index in [0.717, 1.165) is 23.5 Å². The van der Waals surface area contributed by atoms with Crippen molar-refractivity contribution in [1.29, 1.82) is 0 Å². The van der Waals surface area contributed by atoms with Gasteiger partial charge in [0, 0.05) is 19.8 Å². The Morgan fingerprint density at radius 1 is 1.50 bits per heavy atom. The zero-order chi connectivity index (χ0) is 14.5. The number of hydrogen-bond acceptors (Lipinski definition) is 3. The number of amides is 2. The highest BCUT2D eigenvalue weighted by atomic mass is 16.3. The van der Waals surface area contributed by atoms with Crippen LogP contribution in [-0.4, -0.2) is 22.4 Å². The first kappa shape index (κ1) is 14.2. The molecule has 2 heterocycles. The summed E-state index contributed by atoms with van der Waals surface area (Å²) < 4.78 is 7.22. The van der Waals surface area contributed by atoms with Crippen molar-refractivity contribution in [2.45, 2.75) is 26.3 Å². The van der Waals surface area contributed by atoms with Gasteiger partial charge in [0.25, 0.3) is 0 Å². The number of carbonyl (C=O) groups excluding carboxylic acids is 1. The molecular formula is C14H20N4O2. The number of carbonyl (C=O) groups is 1. The van der Waals surface area contributed by atoms with Crippen molar-refractivity contribution in [1.82, 2.24) is 20.4 Å². The fourth-order valence-corrected chi connectivity index (χ4v) is 1.93. The molecule has 20 heavy (non-hydrogen) atoms. The van der Waals surface area contributed by atoms with Crippen molar-refractivity contribution < 1.29 is 9.21 Å². The van der Waals surface area contributed by atoms with Crippen LogP contribution in [0.1, 0.15) is 30.0 Å². The van der Waals surface area contributed by atoms with Gasteiger partial charge in [-0.05, 0) is 38.0 Å². The Balaban J connectivity index is 1.72. The number of furan rings is 1.